The lowest BCUT2D eigenvalue weighted by molar-refractivity contribution is 0.768. The molecule has 0 aliphatic heterocycles. The Morgan fingerprint density at radius 2 is 2.31 bits per heavy atom. The smallest absolute Gasteiger partial charge is 0.153 e. The fourth-order valence-electron chi connectivity index (χ4n) is 1.14. The minimum Gasteiger partial charge on any atom is -0.251 e. The van der Waals surface area contributed by atoms with Gasteiger partial charge in [-0.05, 0) is 5.92 Å². The average molecular weight is 177 g/mol. The van der Waals surface area contributed by atoms with Crippen LogP contribution in [0, 0.1) is 0 Å². The van der Waals surface area contributed by atoms with Gasteiger partial charge in [0.15, 0.2) is 5.82 Å². The van der Waals surface area contributed by atoms with Crippen molar-refractivity contribution in [2.75, 3.05) is 0 Å². The second kappa shape index (κ2) is 4.03. The van der Waals surface area contributed by atoms with E-state index in [0.717, 1.165) is 5.82 Å². The van der Waals surface area contributed by atoms with Gasteiger partial charge in [-0.2, -0.15) is 5.10 Å². The van der Waals surface area contributed by atoms with Crippen molar-refractivity contribution < 1.29 is 0 Å². The molecule has 0 saturated heterocycles. The van der Waals surface area contributed by atoms with Crippen molar-refractivity contribution in [3.8, 4) is 0 Å². The maximum Gasteiger partial charge on any atom is 0.153 e. The van der Waals surface area contributed by atoms with E-state index in [2.05, 4.69) is 30.5 Å². The Hall–Kier alpha value is -1.38. The van der Waals surface area contributed by atoms with E-state index in [-0.39, 0.29) is 0 Å². The standard InChI is InChI=1S/C10H15N3/c1-5-6-11-10-9(8(2)3)7-12-13(10)4/h5-8H,1H2,2-4H3/b11-6-. The second-order valence-electron chi connectivity index (χ2n) is 3.22. The predicted octanol–water partition coefficient (Wildman–Crippen LogP) is 2.43. The molecule has 0 radical (unpaired) electrons. The summed E-state index contributed by atoms with van der Waals surface area (Å²) in [5, 5.41) is 4.16. The van der Waals surface area contributed by atoms with Crippen LogP contribution in [-0.4, -0.2) is 16.0 Å². The highest BCUT2D eigenvalue weighted by Gasteiger charge is 2.09. The molecule has 1 aromatic heterocycles. The maximum absolute atomic E-state index is 4.26. The SMILES string of the molecule is C=C/C=N\c1c(C(C)C)cnn1C. The summed E-state index contributed by atoms with van der Waals surface area (Å²) in [6.45, 7) is 7.84. The van der Waals surface area contributed by atoms with Crippen LogP contribution in [0.15, 0.2) is 23.8 Å². The number of hydrogen-bond donors (Lipinski definition) is 0. The van der Waals surface area contributed by atoms with Crippen molar-refractivity contribution >= 4 is 12.0 Å². The first kappa shape index (κ1) is 9.71. The molecule has 1 heterocycles. The summed E-state index contributed by atoms with van der Waals surface area (Å²) in [5.41, 5.74) is 1.17. The van der Waals surface area contributed by atoms with Gasteiger partial charge in [0.2, 0.25) is 0 Å². The first-order valence-corrected chi connectivity index (χ1v) is 4.33. The lowest BCUT2D eigenvalue weighted by atomic mass is 10.1. The van der Waals surface area contributed by atoms with Gasteiger partial charge in [-0.15, -0.1) is 0 Å². The number of nitrogens with zero attached hydrogens (tertiary/aromatic N) is 3. The Labute approximate surface area is 78.8 Å². The summed E-state index contributed by atoms with van der Waals surface area (Å²) in [5.74, 6) is 1.36. The van der Waals surface area contributed by atoms with Gasteiger partial charge in [-0.3, -0.25) is 4.68 Å². The molecule has 0 spiro atoms. The normalized spacial score (nSPS) is 11.4. The van der Waals surface area contributed by atoms with Crippen molar-refractivity contribution in [1.29, 1.82) is 0 Å². The van der Waals surface area contributed by atoms with Crippen LogP contribution in [0.4, 0.5) is 5.82 Å². The highest BCUT2D eigenvalue weighted by Crippen LogP contribution is 2.25. The van der Waals surface area contributed by atoms with E-state index < -0.39 is 0 Å². The lowest BCUT2D eigenvalue weighted by Crippen LogP contribution is -1.90. The molecule has 0 saturated carbocycles. The van der Waals surface area contributed by atoms with Crippen LogP contribution in [0.2, 0.25) is 0 Å². The molecule has 0 fully saturated rings. The van der Waals surface area contributed by atoms with Gasteiger partial charge in [0.25, 0.3) is 0 Å². The molecule has 1 rings (SSSR count). The molecule has 70 valence electrons. The van der Waals surface area contributed by atoms with Crippen LogP contribution in [-0.2, 0) is 7.05 Å². The van der Waals surface area contributed by atoms with Crippen molar-refractivity contribution in [1.82, 2.24) is 9.78 Å². The molecule has 1 aromatic rings. The summed E-state index contributed by atoms with van der Waals surface area (Å²) in [4.78, 5) is 4.26. The van der Waals surface area contributed by atoms with E-state index in [4.69, 9.17) is 0 Å². The first-order valence-electron chi connectivity index (χ1n) is 4.33. The molecular weight excluding hydrogens is 162 g/mol. The Morgan fingerprint density at radius 3 is 2.85 bits per heavy atom. The van der Waals surface area contributed by atoms with E-state index in [0.29, 0.717) is 5.92 Å². The zero-order valence-corrected chi connectivity index (χ0v) is 8.36. The highest BCUT2D eigenvalue weighted by atomic mass is 15.3. The minimum atomic E-state index is 0.450. The second-order valence-corrected chi connectivity index (χ2v) is 3.22. The van der Waals surface area contributed by atoms with Crippen molar-refractivity contribution in [3.05, 3.63) is 24.4 Å². The van der Waals surface area contributed by atoms with Crippen LogP contribution in [0.5, 0.6) is 0 Å². The highest BCUT2D eigenvalue weighted by molar-refractivity contribution is 5.73. The van der Waals surface area contributed by atoms with Crippen LogP contribution >= 0.6 is 0 Å². The molecule has 0 aliphatic rings. The molecule has 3 nitrogen and oxygen atoms in total. The van der Waals surface area contributed by atoms with Gasteiger partial charge in [0.05, 0.1) is 6.20 Å². The van der Waals surface area contributed by atoms with Crippen LogP contribution in [0.1, 0.15) is 25.3 Å². The number of aryl methyl sites for hydroxylation is 1. The lowest BCUT2D eigenvalue weighted by Gasteiger charge is -2.02. The van der Waals surface area contributed by atoms with Gasteiger partial charge >= 0.3 is 0 Å². The van der Waals surface area contributed by atoms with Gasteiger partial charge in [-0.1, -0.05) is 26.5 Å². The van der Waals surface area contributed by atoms with Gasteiger partial charge in [-0.25, -0.2) is 4.99 Å². The number of allylic oxidation sites excluding steroid dienone is 1. The Bertz CT molecular complexity index is 321. The average Bonchev–Trinajstić information content (AvgIpc) is 2.43. The van der Waals surface area contributed by atoms with Crippen molar-refractivity contribution in [2.24, 2.45) is 12.0 Å². The molecule has 0 amide bonds. The molecule has 0 aromatic carbocycles. The predicted molar refractivity (Wildman–Crippen MR) is 55.6 cm³/mol. The quantitative estimate of drug-likeness (QED) is 0.652. The molecule has 13 heavy (non-hydrogen) atoms. The topological polar surface area (TPSA) is 30.2 Å². The van der Waals surface area contributed by atoms with Crippen molar-refractivity contribution in [3.63, 3.8) is 0 Å². The fraction of sp³-hybridized carbons (Fsp3) is 0.400. The number of rotatable bonds is 3. The fourth-order valence-corrected chi connectivity index (χ4v) is 1.14. The molecule has 3 heteroatoms. The van der Waals surface area contributed by atoms with Gasteiger partial charge in [0.1, 0.15) is 0 Å². The monoisotopic (exact) mass is 177 g/mol. The third kappa shape index (κ3) is 2.05. The Kier molecular flexibility index (Phi) is 3.01. The molecule has 0 bridgehead atoms. The molecule has 0 unspecified atom stereocenters. The molecule has 0 N–H and O–H groups in total. The Balaban J connectivity index is 3.08. The van der Waals surface area contributed by atoms with E-state index >= 15 is 0 Å². The summed E-state index contributed by atoms with van der Waals surface area (Å²) in [7, 11) is 1.89. The summed E-state index contributed by atoms with van der Waals surface area (Å²) >= 11 is 0. The van der Waals surface area contributed by atoms with Crippen LogP contribution in [0.25, 0.3) is 0 Å². The van der Waals surface area contributed by atoms with E-state index in [9.17, 15) is 0 Å². The largest absolute Gasteiger partial charge is 0.251 e. The zero-order chi connectivity index (χ0) is 9.84. The van der Waals surface area contributed by atoms with E-state index in [1.807, 2.05) is 13.2 Å². The zero-order valence-electron chi connectivity index (χ0n) is 8.36. The number of hydrogen-bond acceptors (Lipinski definition) is 2. The number of aromatic nitrogens is 2. The van der Waals surface area contributed by atoms with E-state index in [1.165, 1.54) is 5.56 Å². The summed E-state index contributed by atoms with van der Waals surface area (Å²) < 4.78 is 1.77. The third-order valence-electron chi connectivity index (χ3n) is 1.86. The number of aliphatic imine (C=N–C) groups is 1. The maximum atomic E-state index is 4.26. The van der Waals surface area contributed by atoms with E-state index in [1.54, 1.807) is 17.0 Å². The van der Waals surface area contributed by atoms with Gasteiger partial charge < -0.3 is 0 Å². The molecular formula is C10H15N3. The minimum absolute atomic E-state index is 0.450. The third-order valence-corrected chi connectivity index (χ3v) is 1.86. The van der Waals surface area contributed by atoms with Crippen LogP contribution in [0.3, 0.4) is 0 Å². The van der Waals surface area contributed by atoms with Crippen molar-refractivity contribution in [2.45, 2.75) is 19.8 Å². The molecule has 0 atom stereocenters. The molecule has 0 aliphatic carbocycles. The first-order chi connectivity index (χ1) is 6.16. The van der Waals surface area contributed by atoms with Crippen LogP contribution < -0.4 is 0 Å². The van der Waals surface area contributed by atoms with Gasteiger partial charge in [0, 0.05) is 18.8 Å². The summed E-state index contributed by atoms with van der Waals surface area (Å²) in [6.07, 6.45) is 5.21. The Morgan fingerprint density at radius 1 is 1.62 bits per heavy atom. The summed E-state index contributed by atoms with van der Waals surface area (Å²) in [6, 6.07) is 0.